The van der Waals surface area contributed by atoms with Gasteiger partial charge in [0.15, 0.2) is 0 Å². The van der Waals surface area contributed by atoms with Crippen LogP contribution in [0.4, 0.5) is 18.9 Å². The van der Waals surface area contributed by atoms with Crippen LogP contribution in [-0.4, -0.2) is 24.2 Å². The Balaban J connectivity index is 2.64. The van der Waals surface area contributed by atoms with E-state index >= 15 is 0 Å². The number of phenolic OH excluding ortho intramolecular Hbond substituents is 1. The second kappa shape index (κ2) is 5.07. The number of hydrogen-bond acceptors (Lipinski definition) is 2. The number of anilines is 1. The average Bonchev–Trinajstić information content (AvgIpc) is 2.24. The van der Waals surface area contributed by atoms with Gasteiger partial charge in [-0.3, -0.25) is 4.79 Å². The monoisotopic (exact) mass is 247 g/mol. The first-order valence-electron chi connectivity index (χ1n) is 4.92. The lowest BCUT2D eigenvalue weighted by Gasteiger charge is -2.17. The van der Waals surface area contributed by atoms with Gasteiger partial charge in [-0.25, -0.2) is 0 Å². The van der Waals surface area contributed by atoms with E-state index in [1.54, 1.807) is 0 Å². The first-order chi connectivity index (χ1) is 7.79. The van der Waals surface area contributed by atoms with Crippen LogP contribution in [0.1, 0.15) is 12.8 Å². The fourth-order valence-electron chi connectivity index (χ4n) is 1.26. The lowest BCUT2D eigenvalue weighted by atomic mass is 10.2. The highest BCUT2D eigenvalue weighted by Gasteiger charge is 2.28. The molecule has 0 aliphatic rings. The number of alkyl halides is 3. The summed E-state index contributed by atoms with van der Waals surface area (Å²) in [6.07, 6.45) is -6.08. The quantitative estimate of drug-likeness (QED) is 0.892. The fraction of sp³-hybridized carbons (Fsp3) is 0.364. The number of phenols is 1. The molecule has 0 aromatic heterocycles. The van der Waals surface area contributed by atoms with Gasteiger partial charge >= 0.3 is 6.18 Å². The molecule has 0 spiro atoms. The van der Waals surface area contributed by atoms with E-state index in [0.717, 1.165) is 4.90 Å². The number of hydrogen-bond donors (Lipinski definition) is 1. The molecule has 1 aromatic rings. The van der Waals surface area contributed by atoms with Gasteiger partial charge in [0.2, 0.25) is 5.91 Å². The summed E-state index contributed by atoms with van der Waals surface area (Å²) in [5.41, 5.74) is 0.358. The molecule has 1 N–H and O–H groups in total. The predicted molar refractivity (Wildman–Crippen MR) is 56.8 cm³/mol. The van der Waals surface area contributed by atoms with Gasteiger partial charge in [0.05, 0.1) is 6.42 Å². The summed E-state index contributed by atoms with van der Waals surface area (Å²) in [6, 6.07) is 5.77. The molecule has 3 nitrogen and oxygen atoms in total. The molecule has 1 aromatic carbocycles. The number of aromatic hydroxyl groups is 1. The highest BCUT2D eigenvalue weighted by atomic mass is 19.4. The minimum atomic E-state index is -4.34. The Morgan fingerprint density at radius 1 is 1.41 bits per heavy atom. The van der Waals surface area contributed by atoms with Crippen molar-refractivity contribution in [2.24, 2.45) is 0 Å². The molecule has 0 bridgehead atoms. The maximum Gasteiger partial charge on any atom is 0.389 e. The van der Waals surface area contributed by atoms with Gasteiger partial charge < -0.3 is 10.0 Å². The summed E-state index contributed by atoms with van der Waals surface area (Å²) in [5, 5.41) is 9.18. The van der Waals surface area contributed by atoms with E-state index in [4.69, 9.17) is 0 Å². The van der Waals surface area contributed by atoms with E-state index in [1.165, 1.54) is 31.3 Å². The second-order valence-corrected chi connectivity index (χ2v) is 3.59. The summed E-state index contributed by atoms with van der Waals surface area (Å²) < 4.78 is 35.8. The standard InChI is InChI=1S/C11H12F3NO2/c1-15(8-3-2-4-9(16)7-8)10(17)5-6-11(12,13)14/h2-4,7,16H,5-6H2,1H3. The van der Waals surface area contributed by atoms with Crippen LogP contribution in [0.2, 0.25) is 0 Å². The Bertz CT molecular complexity index is 404. The zero-order valence-electron chi connectivity index (χ0n) is 9.16. The molecule has 17 heavy (non-hydrogen) atoms. The van der Waals surface area contributed by atoms with Crippen molar-refractivity contribution in [1.29, 1.82) is 0 Å². The highest BCUT2D eigenvalue weighted by Crippen LogP contribution is 2.24. The van der Waals surface area contributed by atoms with Crippen LogP contribution in [0, 0.1) is 0 Å². The largest absolute Gasteiger partial charge is 0.508 e. The van der Waals surface area contributed by atoms with Crippen molar-refractivity contribution >= 4 is 11.6 Å². The van der Waals surface area contributed by atoms with E-state index in [0.29, 0.717) is 5.69 Å². The summed E-state index contributed by atoms with van der Waals surface area (Å²) in [5.74, 6) is -0.689. The summed E-state index contributed by atoms with van der Waals surface area (Å²) in [4.78, 5) is 12.5. The van der Waals surface area contributed by atoms with Crippen molar-refractivity contribution in [3.05, 3.63) is 24.3 Å². The summed E-state index contributed by atoms with van der Waals surface area (Å²) in [6.45, 7) is 0. The maximum atomic E-state index is 11.9. The molecular formula is C11H12F3NO2. The zero-order valence-corrected chi connectivity index (χ0v) is 9.16. The Kier molecular flexibility index (Phi) is 3.98. The Hall–Kier alpha value is -1.72. The number of benzene rings is 1. The molecular weight excluding hydrogens is 235 g/mol. The molecule has 6 heteroatoms. The van der Waals surface area contributed by atoms with Crippen LogP contribution in [0.25, 0.3) is 0 Å². The first kappa shape index (κ1) is 13.3. The van der Waals surface area contributed by atoms with Crippen molar-refractivity contribution < 1.29 is 23.1 Å². The van der Waals surface area contributed by atoms with Crippen LogP contribution < -0.4 is 4.90 Å². The van der Waals surface area contributed by atoms with Crippen molar-refractivity contribution in [3.8, 4) is 5.75 Å². The van der Waals surface area contributed by atoms with Gasteiger partial charge in [-0.15, -0.1) is 0 Å². The third kappa shape index (κ3) is 4.34. The number of halogens is 3. The van der Waals surface area contributed by atoms with Crippen LogP contribution in [0.5, 0.6) is 5.75 Å². The van der Waals surface area contributed by atoms with Gasteiger partial charge in [-0.05, 0) is 12.1 Å². The SMILES string of the molecule is CN(C(=O)CCC(F)(F)F)c1cccc(O)c1. The van der Waals surface area contributed by atoms with Gasteiger partial charge in [0.25, 0.3) is 0 Å². The van der Waals surface area contributed by atoms with Crippen LogP contribution >= 0.6 is 0 Å². The third-order valence-electron chi connectivity index (χ3n) is 2.21. The van der Waals surface area contributed by atoms with E-state index in [-0.39, 0.29) is 5.75 Å². The predicted octanol–water partition coefficient (Wildman–Crippen LogP) is 2.70. The minimum absolute atomic E-state index is 0.0435. The van der Waals surface area contributed by atoms with E-state index in [9.17, 15) is 23.1 Å². The molecule has 94 valence electrons. The number of carbonyl (C=O) groups excluding carboxylic acids is 1. The van der Waals surface area contributed by atoms with Crippen LogP contribution in [0.15, 0.2) is 24.3 Å². The molecule has 1 amide bonds. The van der Waals surface area contributed by atoms with Crippen LogP contribution in [0.3, 0.4) is 0 Å². The number of carbonyl (C=O) groups is 1. The topological polar surface area (TPSA) is 40.5 Å². The Morgan fingerprint density at radius 3 is 2.59 bits per heavy atom. The van der Waals surface area contributed by atoms with Gasteiger partial charge in [0, 0.05) is 25.2 Å². The Morgan fingerprint density at radius 2 is 2.06 bits per heavy atom. The molecule has 1 rings (SSSR count). The molecule has 0 heterocycles. The molecule has 0 unspecified atom stereocenters. The first-order valence-corrected chi connectivity index (χ1v) is 4.92. The van der Waals surface area contributed by atoms with Crippen molar-refractivity contribution in [2.45, 2.75) is 19.0 Å². The molecule has 0 aliphatic carbocycles. The zero-order chi connectivity index (χ0) is 13.1. The molecule has 0 fully saturated rings. The third-order valence-corrected chi connectivity index (χ3v) is 2.21. The van der Waals surface area contributed by atoms with Crippen molar-refractivity contribution in [3.63, 3.8) is 0 Å². The maximum absolute atomic E-state index is 11.9. The molecule has 0 aliphatic heterocycles. The molecule has 0 atom stereocenters. The average molecular weight is 247 g/mol. The molecule has 0 radical (unpaired) electrons. The molecule has 0 saturated heterocycles. The van der Waals surface area contributed by atoms with E-state index < -0.39 is 24.9 Å². The number of rotatable bonds is 3. The van der Waals surface area contributed by atoms with Crippen molar-refractivity contribution in [1.82, 2.24) is 0 Å². The van der Waals surface area contributed by atoms with E-state index in [1.807, 2.05) is 0 Å². The normalized spacial score (nSPS) is 11.3. The Labute approximate surface area is 96.5 Å². The summed E-state index contributed by atoms with van der Waals surface area (Å²) in [7, 11) is 1.37. The van der Waals surface area contributed by atoms with Crippen molar-refractivity contribution in [2.75, 3.05) is 11.9 Å². The smallest absolute Gasteiger partial charge is 0.389 e. The fourth-order valence-corrected chi connectivity index (χ4v) is 1.26. The van der Waals surface area contributed by atoms with Gasteiger partial charge in [-0.2, -0.15) is 13.2 Å². The van der Waals surface area contributed by atoms with Gasteiger partial charge in [-0.1, -0.05) is 6.07 Å². The number of amides is 1. The highest BCUT2D eigenvalue weighted by molar-refractivity contribution is 5.92. The molecule has 0 saturated carbocycles. The van der Waals surface area contributed by atoms with Gasteiger partial charge in [0.1, 0.15) is 5.75 Å². The van der Waals surface area contributed by atoms with E-state index in [2.05, 4.69) is 0 Å². The minimum Gasteiger partial charge on any atom is -0.508 e. The lowest BCUT2D eigenvalue weighted by molar-refractivity contribution is -0.142. The van der Waals surface area contributed by atoms with Crippen LogP contribution in [-0.2, 0) is 4.79 Å². The second-order valence-electron chi connectivity index (χ2n) is 3.59. The lowest BCUT2D eigenvalue weighted by Crippen LogP contribution is -2.27. The summed E-state index contributed by atoms with van der Waals surface area (Å²) >= 11 is 0. The number of nitrogens with zero attached hydrogens (tertiary/aromatic N) is 1.